The van der Waals surface area contributed by atoms with E-state index in [2.05, 4.69) is 20.8 Å². The van der Waals surface area contributed by atoms with Crippen molar-refractivity contribution in [2.75, 3.05) is 26.2 Å². The van der Waals surface area contributed by atoms with E-state index in [-0.39, 0.29) is 35.0 Å². The highest BCUT2D eigenvalue weighted by molar-refractivity contribution is 5.95. The van der Waals surface area contributed by atoms with Crippen molar-refractivity contribution in [3.8, 4) is 22.5 Å². The van der Waals surface area contributed by atoms with Gasteiger partial charge >= 0.3 is 12.1 Å². The second-order valence-electron chi connectivity index (χ2n) is 18.3. The lowest BCUT2D eigenvalue weighted by molar-refractivity contribution is 0.0186. The Morgan fingerprint density at radius 1 is 0.714 bits per heavy atom. The van der Waals surface area contributed by atoms with Gasteiger partial charge in [0.05, 0.1) is 34.9 Å². The zero-order valence-electron chi connectivity index (χ0n) is 39.8. The molecule has 0 aliphatic carbocycles. The molecule has 0 unspecified atom stereocenters. The second-order valence-corrected chi connectivity index (χ2v) is 18.3. The zero-order chi connectivity index (χ0) is 51.2. The molecule has 0 spiro atoms. The van der Waals surface area contributed by atoms with Gasteiger partial charge in [-0.05, 0) is 125 Å². The van der Waals surface area contributed by atoms with Crippen LogP contribution in [-0.2, 0) is 18.8 Å². The molecule has 4 heterocycles. The molecule has 8 rings (SSSR count). The van der Waals surface area contributed by atoms with Gasteiger partial charge in [-0.1, -0.05) is 24.3 Å². The van der Waals surface area contributed by atoms with Gasteiger partial charge < -0.3 is 31.1 Å². The highest BCUT2D eigenvalue weighted by Crippen LogP contribution is 2.31. The molecule has 2 saturated heterocycles. The Balaban J connectivity index is 0.000000181. The number of aryl methyl sites for hydroxylation is 4. The molecule has 19 heteroatoms. The number of nitrogens with zero attached hydrogens (tertiary/aromatic N) is 5. The van der Waals surface area contributed by atoms with Crippen LogP contribution in [0.4, 0.5) is 31.1 Å². The van der Waals surface area contributed by atoms with Crippen molar-refractivity contribution in [2.45, 2.75) is 77.0 Å². The number of amides is 2. The number of rotatable bonds is 7. The normalized spacial score (nSPS) is 17.9. The fraction of sp³-hybridized carbons (Fsp3) is 0.353. The van der Waals surface area contributed by atoms with Crippen LogP contribution in [-0.4, -0.2) is 91.4 Å². The van der Waals surface area contributed by atoms with E-state index in [0.717, 1.165) is 40.7 Å². The molecule has 2 amide bonds. The van der Waals surface area contributed by atoms with Gasteiger partial charge in [0.1, 0.15) is 17.2 Å². The molecule has 0 saturated carbocycles. The van der Waals surface area contributed by atoms with Crippen molar-refractivity contribution in [3.63, 3.8) is 0 Å². The summed E-state index contributed by atoms with van der Waals surface area (Å²) < 4.78 is 90.4. The first kappa shape index (κ1) is 52.4. The largest absolute Gasteiger partial charge is 0.478 e. The average Bonchev–Trinajstić information content (AvgIpc) is 3.82. The van der Waals surface area contributed by atoms with Gasteiger partial charge in [-0.15, -0.1) is 0 Å². The number of hydrogen-bond donors (Lipinski definition) is 4. The third kappa shape index (κ3) is 12.6. The van der Waals surface area contributed by atoms with Gasteiger partial charge in [0.25, 0.3) is 5.91 Å². The van der Waals surface area contributed by atoms with E-state index in [9.17, 15) is 40.7 Å². The molecule has 70 heavy (non-hydrogen) atoms. The van der Waals surface area contributed by atoms with Gasteiger partial charge in [0.2, 0.25) is 0 Å². The fourth-order valence-electron chi connectivity index (χ4n) is 8.64. The van der Waals surface area contributed by atoms with Crippen molar-refractivity contribution in [2.24, 2.45) is 19.8 Å². The smallest absolute Gasteiger partial charge is 0.410 e. The number of hydrogen-bond acceptors (Lipinski definition) is 8. The molecule has 0 bridgehead atoms. The second kappa shape index (κ2) is 22.2. The van der Waals surface area contributed by atoms with Gasteiger partial charge in [-0.25, -0.2) is 35.9 Å². The summed E-state index contributed by atoms with van der Waals surface area (Å²) in [6, 6.07) is 15.4. The van der Waals surface area contributed by atoms with Crippen molar-refractivity contribution >= 4 is 18.0 Å². The Bertz CT molecular complexity index is 2820. The van der Waals surface area contributed by atoms with Crippen LogP contribution in [0.15, 0.2) is 85.2 Å². The Morgan fingerprint density at radius 3 is 1.67 bits per heavy atom. The number of aromatic nitrogens is 4. The zero-order valence-corrected chi connectivity index (χ0v) is 39.8. The van der Waals surface area contributed by atoms with E-state index in [1.807, 2.05) is 13.8 Å². The number of benzene rings is 4. The lowest BCUT2D eigenvalue weighted by Crippen LogP contribution is -2.50. The maximum absolute atomic E-state index is 14.8. The predicted octanol–water partition coefficient (Wildman–Crippen LogP) is 8.94. The van der Waals surface area contributed by atoms with Crippen LogP contribution in [0.1, 0.15) is 88.4 Å². The van der Waals surface area contributed by atoms with Crippen molar-refractivity contribution in [1.29, 1.82) is 0 Å². The van der Waals surface area contributed by atoms with Crippen molar-refractivity contribution in [1.82, 2.24) is 35.1 Å². The van der Waals surface area contributed by atoms with Crippen LogP contribution in [0.3, 0.4) is 0 Å². The molecule has 2 aliphatic heterocycles. The van der Waals surface area contributed by atoms with Crippen LogP contribution in [0.5, 0.6) is 0 Å². The highest BCUT2D eigenvalue weighted by Gasteiger charge is 2.33. The summed E-state index contributed by atoms with van der Waals surface area (Å²) in [5, 5.41) is 23.0. The van der Waals surface area contributed by atoms with Gasteiger partial charge in [0.15, 0.2) is 23.3 Å². The lowest BCUT2D eigenvalue weighted by atomic mass is 9.85. The van der Waals surface area contributed by atoms with Crippen LogP contribution in [0.25, 0.3) is 22.5 Å². The van der Waals surface area contributed by atoms with Gasteiger partial charge in [0, 0.05) is 68.8 Å². The summed E-state index contributed by atoms with van der Waals surface area (Å²) in [6.07, 6.45) is 4.20. The third-order valence-corrected chi connectivity index (χ3v) is 12.1. The molecule has 2 aromatic heterocycles. The Hall–Kier alpha value is -6.99. The van der Waals surface area contributed by atoms with Crippen LogP contribution in [0.2, 0.25) is 0 Å². The van der Waals surface area contributed by atoms with Crippen LogP contribution >= 0.6 is 0 Å². The minimum absolute atomic E-state index is 0.0711. The van der Waals surface area contributed by atoms with E-state index < -0.39 is 58.5 Å². The summed E-state index contributed by atoms with van der Waals surface area (Å²) in [5.74, 6) is -7.09. The Kier molecular flexibility index (Phi) is 16.6. The first-order valence-corrected chi connectivity index (χ1v) is 22.5. The molecule has 2 fully saturated rings. The SMILES string of the molecule is CC(C)(C)OC(=O)N1CC[C@@H](c2ccc(F)c(F)c2)[C@H](N)C1.Cc1cnn(C)c1-c1ccc(C(=O)N[C@@H]2CNCC[C@H]2c2ccc(F)c(F)c2)c(F)c1.Cc1cnn(C)c1-c1ccc(C(=O)O)c(F)c1. The topological polar surface area (TPSA) is 170 Å². The number of piperidine rings is 2. The molecular weight excluding hydrogens is 919 g/mol. The van der Waals surface area contributed by atoms with Crippen LogP contribution in [0, 0.1) is 48.8 Å². The average molecular weight is 975 g/mol. The molecule has 2 aliphatic rings. The molecular formula is C51H56F6N8O5. The number of halogens is 6. The van der Waals surface area contributed by atoms with E-state index >= 15 is 0 Å². The molecule has 4 aromatic carbocycles. The summed E-state index contributed by atoms with van der Waals surface area (Å²) in [7, 11) is 3.53. The molecule has 4 atom stereocenters. The minimum atomic E-state index is -1.27. The van der Waals surface area contributed by atoms with Crippen molar-refractivity contribution in [3.05, 3.63) is 153 Å². The number of nitrogens with one attached hydrogen (secondary N) is 2. The first-order valence-electron chi connectivity index (χ1n) is 22.5. The summed E-state index contributed by atoms with van der Waals surface area (Å²) in [6.45, 7) is 11.1. The number of carbonyl (C=O) groups is 3. The summed E-state index contributed by atoms with van der Waals surface area (Å²) in [4.78, 5) is 37.1. The number of carboxylic acid groups (broad SMARTS) is 1. The third-order valence-electron chi connectivity index (χ3n) is 12.1. The maximum Gasteiger partial charge on any atom is 0.410 e. The molecule has 13 nitrogen and oxygen atoms in total. The number of carbonyl (C=O) groups excluding carboxylic acids is 2. The maximum atomic E-state index is 14.8. The van der Waals surface area contributed by atoms with Crippen LogP contribution < -0.4 is 16.4 Å². The summed E-state index contributed by atoms with van der Waals surface area (Å²) in [5.41, 5.74) is 11.1. The number of aromatic carboxylic acids is 1. The number of ether oxygens (including phenoxy) is 1. The Morgan fingerprint density at radius 2 is 1.23 bits per heavy atom. The van der Waals surface area contributed by atoms with Gasteiger partial charge in [-0.3, -0.25) is 14.2 Å². The lowest BCUT2D eigenvalue weighted by Gasteiger charge is -2.37. The number of nitrogens with two attached hydrogens (primary N) is 1. The fourth-order valence-corrected chi connectivity index (χ4v) is 8.64. The van der Waals surface area contributed by atoms with E-state index in [0.29, 0.717) is 61.3 Å². The monoisotopic (exact) mass is 974 g/mol. The van der Waals surface area contributed by atoms with E-state index in [1.54, 1.807) is 79.7 Å². The molecule has 372 valence electrons. The van der Waals surface area contributed by atoms with E-state index in [1.165, 1.54) is 36.4 Å². The number of carboxylic acids is 1. The minimum Gasteiger partial charge on any atom is -0.478 e. The highest BCUT2D eigenvalue weighted by atomic mass is 19.2. The van der Waals surface area contributed by atoms with Gasteiger partial charge in [-0.2, -0.15) is 10.2 Å². The number of likely N-dealkylation sites (tertiary alicyclic amines) is 1. The summed E-state index contributed by atoms with van der Waals surface area (Å²) >= 11 is 0. The van der Waals surface area contributed by atoms with Crippen molar-refractivity contribution < 1.29 is 50.6 Å². The quantitative estimate of drug-likeness (QED) is 0.114. The van der Waals surface area contributed by atoms with E-state index in [4.69, 9.17) is 15.6 Å². The molecule has 5 N–H and O–H groups in total. The first-order chi connectivity index (χ1) is 33.0. The standard InChI is InChI=1S/C23H23F3N4O.C16H22F2N2O2.C12H11FN2O2/c1-13-11-28-30(2)22(13)15-3-5-17(19(25)10-15)23(31)29-21-12-27-8-7-16(21)14-4-6-18(24)20(26)9-14;1-16(2,3)22-15(21)20-7-6-11(14(19)9-20)10-4-5-12(17)13(18)8-10;1-7-6-14-15(2)11(7)8-3-4-9(12(16)17)10(13)5-8/h3-6,9-11,16,21,27H,7-8,12H2,1-2H3,(H,29,31);4-5,8,11,14H,6-7,9,19H2,1-3H3;3-6H,1-2H3,(H,16,17)/t16-,21+;11-,14+;/m00./s1. The Labute approximate surface area is 401 Å². The molecule has 0 radical (unpaired) electrons. The molecule has 6 aromatic rings. The predicted molar refractivity (Wildman–Crippen MR) is 251 cm³/mol.